The summed E-state index contributed by atoms with van der Waals surface area (Å²) in [4.78, 5) is 0. The Hall–Kier alpha value is -0.460. The fourth-order valence-corrected chi connectivity index (χ4v) is 0. The molecule has 0 saturated carbocycles. The lowest BCUT2D eigenvalue weighted by molar-refractivity contribution is 0.353. The summed E-state index contributed by atoms with van der Waals surface area (Å²) in [6, 6.07) is 0. The predicted molar refractivity (Wildman–Crippen MR) is 17.6 cm³/mol. The van der Waals surface area contributed by atoms with Crippen molar-refractivity contribution >= 4 is 0 Å². The summed E-state index contributed by atoms with van der Waals surface area (Å²) >= 11 is 0. The van der Waals surface area contributed by atoms with Gasteiger partial charge in [-0.1, -0.05) is 14.0 Å². The highest BCUT2D eigenvalue weighted by molar-refractivity contribution is 4.37. The van der Waals surface area contributed by atoms with Crippen molar-refractivity contribution in [2.75, 3.05) is 0 Å². The predicted octanol–water partition coefficient (Wildman–Crippen LogP) is 1.20. The molecule has 0 heterocycles. The molecule has 0 aromatic carbocycles. The Labute approximate surface area is 26.6 Å². The van der Waals surface area contributed by atoms with E-state index in [-0.39, 0.29) is 7.43 Å². The van der Waals surface area contributed by atoms with Crippen LogP contribution in [0.4, 0.5) is 0 Å². The van der Waals surface area contributed by atoms with Crippen molar-refractivity contribution in [2.45, 2.75) is 7.43 Å². The first-order valence-electron chi connectivity index (χ1n) is 0.644. The highest BCUT2D eigenvalue weighted by atomic mass is 16.2. The molecule has 0 aromatic heterocycles. The Morgan fingerprint density at radius 2 is 1.75 bits per heavy atom. The quantitative estimate of drug-likeness (QED) is 0.373. The van der Waals surface area contributed by atoms with Gasteiger partial charge >= 0.3 is 0 Å². The molecule has 0 bridgehead atoms. The molecule has 0 fully saturated rings. The number of hydrogen-bond donors (Lipinski definition) is 0. The van der Waals surface area contributed by atoms with Crippen LogP contribution < -0.4 is 0 Å². The third-order valence-corrected chi connectivity index (χ3v) is 0. The van der Waals surface area contributed by atoms with Gasteiger partial charge in [-0.25, -0.2) is 0 Å². The summed E-state index contributed by atoms with van der Waals surface area (Å²) in [6.45, 7) is 2.81. The minimum Gasteiger partial charge on any atom is -0.299 e. The zero-order valence-corrected chi connectivity index (χ0v) is 1.69. The van der Waals surface area contributed by atoms with E-state index < -0.39 is 0 Å². The Morgan fingerprint density at radius 1 is 1.75 bits per heavy atom. The number of rotatable bonds is 0. The lowest BCUT2D eigenvalue weighted by atomic mass is 11.2. The van der Waals surface area contributed by atoms with Gasteiger partial charge in [0.2, 0.25) is 0 Å². The Morgan fingerprint density at radius 3 is 1.75 bits per heavy atom. The fourth-order valence-electron chi connectivity index (χ4n) is 0. The molecule has 4 heavy (non-hydrogen) atoms. The molecule has 1 nitrogen and oxygen atoms in total. The smallest absolute Gasteiger partial charge is 0.135 e. The molecule has 0 rings (SSSR count). The van der Waals surface area contributed by atoms with Crippen molar-refractivity contribution in [3.8, 4) is 0 Å². The van der Waals surface area contributed by atoms with Crippen LogP contribution in [0.5, 0.6) is 0 Å². The molecule has 0 aromatic rings. The molecule has 1 heteroatoms. The van der Waals surface area contributed by atoms with Crippen molar-refractivity contribution < 1.29 is 5.11 Å². The average Bonchev–Trinajstić information content (AvgIpc) is 0.918. The molecule has 0 aliphatic heterocycles. The molecule has 0 spiro atoms. The lowest BCUT2D eigenvalue weighted by Gasteiger charge is -1.29. The van der Waals surface area contributed by atoms with E-state index in [1.807, 2.05) is 0 Å². The Kier molecular flexibility index (Phi) is 49.7. The SMILES string of the molecule is C.C=C[O]. The summed E-state index contributed by atoms with van der Waals surface area (Å²) in [5.41, 5.74) is 0. The van der Waals surface area contributed by atoms with Gasteiger partial charge in [0.1, 0.15) is 6.26 Å². The largest absolute Gasteiger partial charge is 0.299 e. The molecule has 0 N–H and O–H groups in total. The molecular formula is C3H7O. The van der Waals surface area contributed by atoms with Crippen LogP contribution in [0.1, 0.15) is 7.43 Å². The first-order chi connectivity index (χ1) is 1.41. The van der Waals surface area contributed by atoms with E-state index in [0.29, 0.717) is 6.26 Å². The molecular weight excluding hydrogens is 52.0 g/mol. The van der Waals surface area contributed by atoms with Crippen molar-refractivity contribution in [3.05, 3.63) is 12.8 Å². The van der Waals surface area contributed by atoms with Gasteiger partial charge in [0.25, 0.3) is 0 Å². The summed E-state index contributed by atoms with van der Waals surface area (Å²) in [5.74, 6) is 0. The first-order valence-corrected chi connectivity index (χ1v) is 0.644. The molecule has 1 radical (unpaired) electrons. The van der Waals surface area contributed by atoms with E-state index in [1.165, 1.54) is 0 Å². The average molecular weight is 59.1 g/mol. The second-order valence-electron chi connectivity index (χ2n) is 0.167. The van der Waals surface area contributed by atoms with Crippen molar-refractivity contribution in [2.24, 2.45) is 0 Å². The zero-order chi connectivity index (χ0) is 2.71. The number of hydrogen-bond acceptors (Lipinski definition) is 0. The molecule has 0 aliphatic carbocycles. The van der Waals surface area contributed by atoms with E-state index in [0.717, 1.165) is 0 Å². The summed E-state index contributed by atoms with van der Waals surface area (Å²) in [5, 5.41) is 8.69. The van der Waals surface area contributed by atoms with Crippen LogP contribution in [0.15, 0.2) is 12.8 Å². The van der Waals surface area contributed by atoms with Gasteiger partial charge < -0.3 is 0 Å². The highest BCUT2D eigenvalue weighted by Gasteiger charge is 1.20. The van der Waals surface area contributed by atoms with Crippen molar-refractivity contribution in [1.82, 2.24) is 0 Å². The van der Waals surface area contributed by atoms with Crippen LogP contribution in [0.2, 0.25) is 0 Å². The summed E-state index contributed by atoms with van der Waals surface area (Å²) < 4.78 is 0. The maximum absolute atomic E-state index is 8.69. The molecule has 0 saturated heterocycles. The fraction of sp³-hybridized carbons (Fsp3) is 0.333. The molecule has 0 unspecified atom stereocenters. The Balaban J connectivity index is 0. The van der Waals surface area contributed by atoms with E-state index in [1.54, 1.807) is 0 Å². The van der Waals surface area contributed by atoms with Crippen LogP contribution in [-0.4, -0.2) is 0 Å². The van der Waals surface area contributed by atoms with Crippen molar-refractivity contribution in [1.29, 1.82) is 0 Å². The van der Waals surface area contributed by atoms with E-state index >= 15 is 0 Å². The van der Waals surface area contributed by atoms with E-state index in [9.17, 15) is 0 Å². The maximum atomic E-state index is 8.69. The second-order valence-corrected chi connectivity index (χ2v) is 0.167. The molecule has 0 aliphatic rings. The van der Waals surface area contributed by atoms with Crippen LogP contribution in [0.25, 0.3) is 0 Å². The molecule has 25 valence electrons. The molecule has 0 amide bonds. The Bertz CT molecular complexity index is 10.8. The van der Waals surface area contributed by atoms with Crippen molar-refractivity contribution in [3.63, 3.8) is 0 Å². The monoisotopic (exact) mass is 59.0 g/mol. The summed E-state index contributed by atoms with van der Waals surface area (Å²) in [7, 11) is 0. The maximum Gasteiger partial charge on any atom is 0.135 e. The zero-order valence-electron chi connectivity index (χ0n) is 1.69. The van der Waals surface area contributed by atoms with Gasteiger partial charge in [-0.3, -0.25) is 5.11 Å². The van der Waals surface area contributed by atoms with Gasteiger partial charge in [-0.05, 0) is 0 Å². The third-order valence-electron chi connectivity index (χ3n) is 0. The molecule has 0 atom stereocenters. The van der Waals surface area contributed by atoms with Gasteiger partial charge in [-0.15, -0.1) is 0 Å². The minimum absolute atomic E-state index is 0. The van der Waals surface area contributed by atoms with Crippen LogP contribution >= 0.6 is 0 Å². The highest BCUT2D eigenvalue weighted by Crippen LogP contribution is 1.30. The van der Waals surface area contributed by atoms with Crippen LogP contribution in [0.3, 0.4) is 0 Å². The van der Waals surface area contributed by atoms with Gasteiger partial charge in [0.15, 0.2) is 0 Å². The van der Waals surface area contributed by atoms with Crippen LogP contribution in [0, 0.1) is 0 Å². The third kappa shape index (κ3) is 2.12. The normalized spacial score (nSPS) is 3.00. The van der Waals surface area contributed by atoms with Crippen LogP contribution in [-0.2, 0) is 5.11 Å². The van der Waals surface area contributed by atoms with Gasteiger partial charge in [0.05, 0.1) is 0 Å². The summed E-state index contributed by atoms with van der Waals surface area (Å²) in [6.07, 6.45) is 0.500. The van der Waals surface area contributed by atoms with E-state index in [4.69, 9.17) is 5.11 Å². The lowest BCUT2D eigenvalue weighted by Crippen LogP contribution is -1.17. The first kappa shape index (κ1) is 9.63. The minimum atomic E-state index is 0. The topological polar surface area (TPSA) is 19.9 Å². The second kappa shape index (κ2) is 20.7. The van der Waals surface area contributed by atoms with Gasteiger partial charge in [0, 0.05) is 0 Å². The van der Waals surface area contributed by atoms with E-state index in [2.05, 4.69) is 6.58 Å². The van der Waals surface area contributed by atoms with Gasteiger partial charge in [-0.2, -0.15) is 0 Å². The standard InChI is InChI=1S/C2H3O.CH4/c1-2-3;/h2H,1H2;1H4.